The lowest BCUT2D eigenvalue weighted by molar-refractivity contribution is -0.137. The van der Waals surface area contributed by atoms with Gasteiger partial charge in [-0.1, -0.05) is 6.07 Å². The summed E-state index contributed by atoms with van der Waals surface area (Å²) in [5, 5.41) is 3.27. The molecule has 1 aromatic heterocycles. The lowest BCUT2D eigenvalue weighted by atomic mass is 10.1. The van der Waals surface area contributed by atoms with Gasteiger partial charge in [0.2, 0.25) is 5.89 Å². The van der Waals surface area contributed by atoms with Gasteiger partial charge in [-0.3, -0.25) is 4.90 Å². The Hall–Kier alpha value is -1.86. The normalized spacial score (nSPS) is 16.7. The molecule has 0 saturated carbocycles. The van der Waals surface area contributed by atoms with Crippen molar-refractivity contribution in [3.05, 3.63) is 41.3 Å². The number of hydrogen-bond acceptors (Lipinski definition) is 4. The van der Waals surface area contributed by atoms with E-state index < -0.39 is 11.7 Å². The summed E-state index contributed by atoms with van der Waals surface area (Å²) in [4.78, 5) is 6.65. The predicted molar refractivity (Wildman–Crippen MR) is 79.8 cm³/mol. The first-order valence-electron chi connectivity index (χ1n) is 7.50. The molecule has 0 atom stereocenters. The van der Waals surface area contributed by atoms with E-state index in [-0.39, 0.29) is 5.89 Å². The first-order chi connectivity index (χ1) is 10.9. The highest BCUT2D eigenvalue weighted by molar-refractivity contribution is 5.55. The van der Waals surface area contributed by atoms with Gasteiger partial charge < -0.3 is 9.73 Å². The number of nitrogens with one attached hydrogen (secondary N) is 1. The maximum atomic E-state index is 12.8. The molecule has 0 radical (unpaired) electrons. The number of nitrogens with zero attached hydrogens (tertiary/aromatic N) is 2. The molecular formula is C16H18F3N3O. The molecule has 0 unspecified atom stereocenters. The highest BCUT2D eigenvalue weighted by Gasteiger charge is 2.31. The molecule has 4 nitrogen and oxygen atoms in total. The minimum atomic E-state index is -4.37. The van der Waals surface area contributed by atoms with Gasteiger partial charge in [0, 0.05) is 38.3 Å². The van der Waals surface area contributed by atoms with Crippen LogP contribution in [0.3, 0.4) is 0 Å². The maximum absolute atomic E-state index is 12.8. The van der Waals surface area contributed by atoms with Gasteiger partial charge in [-0.05, 0) is 25.1 Å². The van der Waals surface area contributed by atoms with E-state index in [1.807, 2.05) is 0 Å². The molecule has 1 aromatic carbocycles. The van der Waals surface area contributed by atoms with Gasteiger partial charge in [-0.15, -0.1) is 0 Å². The van der Waals surface area contributed by atoms with Crippen LogP contribution in [0.15, 0.2) is 28.7 Å². The van der Waals surface area contributed by atoms with Crippen molar-refractivity contribution in [2.45, 2.75) is 19.6 Å². The van der Waals surface area contributed by atoms with Crippen LogP contribution in [0.1, 0.15) is 17.0 Å². The second-order valence-corrected chi connectivity index (χ2v) is 5.63. The molecule has 23 heavy (non-hydrogen) atoms. The highest BCUT2D eigenvalue weighted by atomic mass is 19.4. The number of aryl methyl sites for hydroxylation is 1. The van der Waals surface area contributed by atoms with E-state index in [4.69, 9.17) is 4.42 Å². The van der Waals surface area contributed by atoms with Gasteiger partial charge in [0.05, 0.1) is 11.3 Å². The molecule has 1 saturated heterocycles. The highest BCUT2D eigenvalue weighted by Crippen LogP contribution is 2.32. The number of aromatic nitrogens is 1. The fourth-order valence-electron chi connectivity index (χ4n) is 2.61. The Morgan fingerprint density at radius 1 is 1.26 bits per heavy atom. The number of rotatable bonds is 3. The summed E-state index contributed by atoms with van der Waals surface area (Å²) in [5.41, 5.74) is 0.420. The van der Waals surface area contributed by atoms with Crippen molar-refractivity contribution in [1.82, 2.24) is 15.2 Å². The van der Waals surface area contributed by atoms with Crippen molar-refractivity contribution in [2.75, 3.05) is 26.2 Å². The number of halogens is 3. The van der Waals surface area contributed by atoms with Gasteiger partial charge in [-0.2, -0.15) is 13.2 Å². The molecule has 1 aliphatic rings. The molecule has 2 heterocycles. The van der Waals surface area contributed by atoms with Crippen molar-refractivity contribution in [3.63, 3.8) is 0 Å². The predicted octanol–water partition coefficient (Wildman–Crippen LogP) is 3.07. The Bertz CT molecular complexity index is 675. The van der Waals surface area contributed by atoms with Crippen molar-refractivity contribution < 1.29 is 17.6 Å². The average Bonchev–Trinajstić information content (AvgIpc) is 2.89. The van der Waals surface area contributed by atoms with E-state index in [2.05, 4.69) is 15.2 Å². The van der Waals surface area contributed by atoms with Crippen LogP contribution >= 0.6 is 0 Å². The quantitative estimate of drug-likeness (QED) is 0.942. The molecule has 0 spiro atoms. The number of alkyl halides is 3. The Morgan fingerprint density at radius 2 is 2.00 bits per heavy atom. The van der Waals surface area contributed by atoms with Crippen LogP contribution in [0.4, 0.5) is 13.2 Å². The second kappa shape index (κ2) is 6.33. The van der Waals surface area contributed by atoms with E-state index in [9.17, 15) is 13.2 Å². The van der Waals surface area contributed by atoms with Gasteiger partial charge in [-0.25, -0.2) is 4.98 Å². The standard InChI is InChI=1S/C16H18F3N3O/c1-11-14(10-22-7-5-20-6-8-22)21-15(23-11)12-3-2-4-13(9-12)16(17,18)19/h2-4,9,20H,5-8,10H2,1H3. The summed E-state index contributed by atoms with van der Waals surface area (Å²) < 4.78 is 44.0. The first-order valence-corrected chi connectivity index (χ1v) is 7.50. The van der Waals surface area contributed by atoms with Crippen LogP contribution in [0.2, 0.25) is 0 Å². The van der Waals surface area contributed by atoms with Crippen molar-refractivity contribution in [1.29, 1.82) is 0 Å². The molecule has 1 aliphatic heterocycles. The number of piperazine rings is 1. The fraction of sp³-hybridized carbons (Fsp3) is 0.438. The van der Waals surface area contributed by atoms with Crippen LogP contribution < -0.4 is 5.32 Å². The Morgan fingerprint density at radius 3 is 2.70 bits per heavy atom. The molecule has 124 valence electrons. The summed E-state index contributed by atoms with van der Waals surface area (Å²) >= 11 is 0. The molecule has 0 aliphatic carbocycles. The van der Waals surface area contributed by atoms with Crippen molar-refractivity contribution in [2.24, 2.45) is 0 Å². The zero-order valence-corrected chi connectivity index (χ0v) is 12.8. The smallest absolute Gasteiger partial charge is 0.416 e. The van der Waals surface area contributed by atoms with Crippen LogP contribution in [-0.2, 0) is 12.7 Å². The lowest BCUT2D eigenvalue weighted by Crippen LogP contribution is -2.43. The molecule has 3 rings (SSSR count). The maximum Gasteiger partial charge on any atom is 0.416 e. The third-order valence-corrected chi connectivity index (χ3v) is 3.91. The molecular weight excluding hydrogens is 307 g/mol. The average molecular weight is 325 g/mol. The zero-order chi connectivity index (χ0) is 16.4. The summed E-state index contributed by atoms with van der Waals surface area (Å²) in [6.45, 7) is 6.14. The van der Waals surface area contributed by atoms with Crippen LogP contribution in [0.5, 0.6) is 0 Å². The van der Waals surface area contributed by atoms with Gasteiger partial charge in [0.15, 0.2) is 0 Å². The van der Waals surface area contributed by atoms with E-state index in [1.165, 1.54) is 6.07 Å². The molecule has 0 bridgehead atoms. The van der Waals surface area contributed by atoms with Crippen LogP contribution in [-0.4, -0.2) is 36.1 Å². The van der Waals surface area contributed by atoms with E-state index in [0.717, 1.165) is 44.0 Å². The van der Waals surface area contributed by atoms with Gasteiger partial charge in [0.25, 0.3) is 0 Å². The Kier molecular flexibility index (Phi) is 4.41. The lowest BCUT2D eigenvalue weighted by Gasteiger charge is -2.26. The summed E-state index contributed by atoms with van der Waals surface area (Å²) in [7, 11) is 0. The topological polar surface area (TPSA) is 41.3 Å². The number of oxazole rings is 1. The van der Waals surface area contributed by atoms with Gasteiger partial charge >= 0.3 is 6.18 Å². The minimum absolute atomic E-state index is 0.235. The molecule has 1 fully saturated rings. The van der Waals surface area contributed by atoms with E-state index in [1.54, 1.807) is 13.0 Å². The van der Waals surface area contributed by atoms with Crippen molar-refractivity contribution in [3.8, 4) is 11.5 Å². The number of hydrogen-bond donors (Lipinski definition) is 1. The molecule has 7 heteroatoms. The SMILES string of the molecule is Cc1oc(-c2cccc(C(F)(F)F)c2)nc1CN1CCNCC1. The summed E-state index contributed by atoms with van der Waals surface area (Å²) in [6.07, 6.45) is -4.37. The minimum Gasteiger partial charge on any atom is -0.441 e. The first kappa shape index (κ1) is 16.0. The van der Waals surface area contributed by atoms with Crippen molar-refractivity contribution >= 4 is 0 Å². The van der Waals surface area contributed by atoms with Crippen LogP contribution in [0.25, 0.3) is 11.5 Å². The van der Waals surface area contributed by atoms with Gasteiger partial charge in [0.1, 0.15) is 5.76 Å². The largest absolute Gasteiger partial charge is 0.441 e. The number of benzene rings is 1. The van der Waals surface area contributed by atoms with E-state index in [0.29, 0.717) is 17.9 Å². The third-order valence-electron chi connectivity index (χ3n) is 3.91. The zero-order valence-electron chi connectivity index (χ0n) is 12.8. The fourth-order valence-corrected chi connectivity index (χ4v) is 2.61. The Labute approximate surface area is 132 Å². The third kappa shape index (κ3) is 3.73. The monoisotopic (exact) mass is 325 g/mol. The second-order valence-electron chi connectivity index (χ2n) is 5.63. The molecule has 2 aromatic rings. The Balaban J connectivity index is 1.82. The summed E-state index contributed by atoms with van der Waals surface area (Å²) in [5.74, 6) is 0.884. The van der Waals surface area contributed by atoms with Crippen LogP contribution in [0, 0.1) is 6.92 Å². The summed E-state index contributed by atoms with van der Waals surface area (Å²) in [6, 6.07) is 5.06. The molecule has 1 N–H and O–H groups in total. The molecule has 0 amide bonds. The van der Waals surface area contributed by atoms with E-state index >= 15 is 0 Å².